The molecule has 14 heavy (non-hydrogen) atoms. The van der Waals surface area contributed by atoms with Crippen LogP contribution in [-0.4, -0.2) is 4.37 Å². The zero-order valence-corrected chi connectivity index (χ0v) is 10.1. The second-order valence-corrected chi connectivity index (χ2v) is 5.18. The van der Waals surface area contributed by atoms with E-state index in [1.165, 1.54) is 20.9 Å². The van der Waals surface area contributed by atoms with Crippen molar-refractivity contribution in [3.8, 4) is 0 Å². The zero-order valence-electron chi connectivity index (χ0n) is 6.85. The fourth-order valence-electron chi connectivity index (χ4n) is 0.869. The van der Waals surface area contributed by atoms with Crippen LogP contribution in [0.3, 0.4) is 0 Å². The van der Waals surface area contributed by atoms with Gasteiger partial charge in [0.25, 0.3) is 0 Å². The molecule has 72 valence electrons. The number of hydrogen-bond acceptors (Lipinski definition) is 5. The molecule has 6 heteroatoms. The molecular weight excluding hydrogens is 256 g/mol. The third-order valence-electron chi connectivity index (χ3n) is 1.49. The first-order valence-corrected chi connectivity index (χ1v) is 6.64. The SMILES string of the molecule is Sc1ccc(/N=c2\ssnc2Cl)cc1. The summed E-state index contributed by atoms with van der Waals surface area (Å²) >= 11 is 10.0. The molecule has 0 amide bonds. The monoisotopic (exact) mass is 260 g/mol. The molecule has 0 N–H and O–H groups in total. The Hall–Kier alpha value is -0.360. The van der Waals surface area contributed by atoms with Crippen molar-refractivity contribution in [3.05, 3.63) is 34.1 Å². The Bertz CT molecular complexity index is 486. The van der Waals surface area contributed by atoms with Gasteiger partial charge in [-0.05, 0) is 34.6 Å². The highest BCUT2D eigenvalue weighted by atomic mass is 35.5. The molecule has 2 nitrogen and oxygen atoms in total. The lowest BCUT2D eigenvalue weighted by Crippen LogP contribution is -1.92. The van der Waals surface area contributed by atoms with Gasteiger partial charge in [-0.3, -0.25) is 0 Å². The van der Waals surface area contributed by atoms with E-state index in [1.807, 2.05) is 24.3 Å². The topological polar surface area (TPSA) is 25.2 Å². The molecule has 0 saturated heterocycles. The molecule has 2 rings (SSSR count). The van der Waals surface area contributed by atoms with E-state index < -0.39 is 0 Å². The third-order valence-corrected chi connectivity index (χ3v) is 3.96. The predicted molar refractivity (Wildman–Crippen MR) is 63.9 cm³/mol. The summed E-state index contributed by atoms with van der Waals surface area (Å²) in [6.45, 7) is 0. The van der Waals surface area contributed by atoms with E-state index in [0.29, 0.717) is 5.15 Å². The summed E-state index contributed by atoms with van der Waals surface area (Å²) in [5.41, 5.74) is 0.862. The number of nitrogens with zero attached hydrogens (tertiary/aromatic N) is 2. The second-order valence-electron chi connectivity index (χ2n) is 2.47. The summed E-state index contributed by atoms with van der Waals surface area (Å²) in [5, 5.41) is 0.468. The van der Waals surface area contributed by atoms with E-state index in [1.54, 1.807) is 0 Å². The maximum absolute atomic E-state index is 5.82. The Morgan fingerprint density at radius 2 is 2.00 bits per heavy atom. The average Bonchev–Trinajstić information content (AvgIpc) is 2.56. The minimum Gasteiger partial charge on any atom is -0.234 e. The molecule has 0 unspecified atom stereocenters. The Morgan fingerprint density at radius 1 is 1.29 bits per heavy atom. The number of rotatable bonds is 1. The Labute approximate surface area is 98.9 Å². The largest absolute Gasteiger partial charge is 0.234 e. The Morgan fingerprint density at radius 3 is 2.57 bits per heavy atom. The van der Waals surface area contributed by atoms with Gasteiger partial charge in [-0.15, -0.1) is 12.6 Å². The van der Waals surface area contributed by atoms with Gasteiger partial charge in [0.15, 0.2) is 9.82 Å². The van der Waals surface area contributed by atoms with Crippen LogP contribution < -0.4 is 4.67 Å². The van der Waals surface area contributed by atoms with Gasteiger partial charge >= 0.3 is 0 Å². The minimum atomic E-state index is 0.468. The first-order chi connectivity index (χ1) is 6.75. The fraction of sp³-hybridized carbons (Fsp3) is 0. The van der Waals surface area contributed by atoms with Gasteiger partial charge in [0.2, 0.25) is 0 Å². The second kappa shape index (κ2) is 4.44. The molecule has 0 atom stereocenters. The van der Waals surface area contributed by atoms with Crippen molar-refractivity contribution >= 4 is 50.8 Å². The van der Waals surface area contributed by atoms with Crippen molar-refractivity contribution in [3.63, 3.8) is 0 Å². The summed E-state index contributed by atoms with van der Waals surface area (Å²) in [4.78, 5) is 5.26. The van der Waals surface area contributed by atoms with E-state index in [-0.39, 0.29) is 0 Å². The van der Waals surface area contributed by atoms with Crippen molar-refractivity contribution in [2.75, 3.05) is 0 Å². The molecular formula is C8H5ClN2S3. The standard InChI is InChI=1S/C8H5ClN2S3/c9-7-8(13-14-11-7)10-5-1-3-6(12)4-2-5/h1-4,12H/b10-8-. The highest BCUT2D eigenvalue weighted by molar-refractivity contribution is 7.80. The lowest BCUT2D eigenvalue weighted by Gasteiger charge is -1.92. The van der Waals surface area contributed by atoms with Gasteiger partial charge < -0.3 is 0 Å². The van der Waals surface area contributed by atoms with Crippen LogP contribution in [0.4, 0.5) is 5.69 Å². The maximum atomic E-state index is 5.82. The fourth-order valence-corrected chi connectivity index (χ4v) is 3.01. The Kier molecular flexibility index (Phi) is 3.22. The van der Waals surface area contributed by atoms with E-state index in [9.17, 15) is 0 Å². The summed E-state index contributed by atoms with van der Waals surface area (Å²) in [5.74, 6) is 0. The van der Waals surface area contributed by atoms with Crippen molar-refractivity contribution in [1.29, 1.82) is 0 Å². The van der Waals surface area contributed by atoms with Crippen molar-refractivity contribution in [1.82, 2.24) is 4.37 Å². The van der Waals surface area contributed by atoms with E-state index in [2.05, 4.69) is 22.0 Å². The molecule has 0 aliphatic carbocycles. The van der Waals surface area contributed by atoms with Gasteiger partial charge in [0.05, 0.1) is 5.69 Å². The summed E-state index contributed by atoms with van der Waals surface area (Å²) in [7, 11) is 2.80. The van der Waals surface area contributed by atoms with Gasteiger partial charge in [-0.25, -0.2) is 4.99 Å². The van der Waals surface area contributed by atoms with Gasteiger partial charge in [0.1, 0.15) is 0 Å². The third kappa shape index (κ3) is 2.36. The van der Waals surface area contributed by atoms with E-state index >= 15 is 0 Å². The molecule has 0 aliphatic heterocycles. The van der Waals surface area contributed by atoms with E-state index in [0.717, 1.165) is 15.3 Å². The molecule has 1 aromatic heterocycles. The van der Waals surface area contributed by atoms with Crippen LogP contribution in [-0.2, 0) is 0 Å². The van der Waals surface area contributed by atoms with Crippen LogP contribution >= 0.6 is 45.1 Å². The normalized spacial score (nSPS) is 12.0. The highest BCUT2D eigenvalue weighted by Crippen LogP contribution is 2.15. The average molecular weight is 261 g/mol. The smallest absolute Gasteiger partial charge is 0.179 e. The molecule has 0 bridgehead atoms. The minimum absolute atomic E-state index is 0.468. The molecule has 0 fully saturated rings. The van der Waals surface area contributed by atoms with Crippen LogP contribution in [0.1, 0.15) is 0 Å². The lowest BCUT2D eigenvalue weighted by atomic mass is 10.3. The Balaban J connectivity index is 2.44. The maximum Gasteiger partial charge on any atom is 0.179 e. The number of benzene rings is 1. The van der Waals surface area contributed by atoms with Crippen LogP contribution in [0.5, 0.6) is 0 Å². The quantitative estimate of drug-likeness (QED) is 0.617. The zero-order chi connectivity index (χ0) is 9.97. The van der Waals surface area contributed by atoms with Crippen molar-refractivity contribution < 1.29 is 0 Å². The molecule has 2 aromatic rings. The summed E-state index contributed by atoms with van der Waals surface area (Å²) in [6.07, 6.45) is 0. The van der Waals surface area contributed by atoms with Crippen LogP contribution in [0.25, 0.3) is 0 Å². The van der Waals surface area contributed by atoms with Crippen LogP contribution in [0, 0.1) is 0 Å². The van der Waals surface area contributed by atoms with Crippen molar-refractivity contribution in [2.24, 2.45) is 4.99 Å². The van der Waals surface area contributed by atoms with Crippen LogP contribution in [0.15, 0.2) is 34.2 Å². The molecule has 0 radical (unpaired) electrons. The molecule has 1 heterocycles. The molecule has 0 spiro atoms. The van der Waals surface area contributed by atoms with Crippen molar-refractivity contribution in [2.45, 2.75) is 4.90 Å². The molecule has 0 saturated carbocycles. The number of hydrogen-bond donors (Lipinski definition) is 1. The first kappa shape index (κ1) is 10.2. The van der Waals surface area contributed by atoms with Gasteiger partial charge in [0, 0.05) is 15.4 Å². The molecule has 0 aliphatic rings. The van der Waals surface area contributed by atoms with Gasteiger partial charge in [-0.1, -0.05) is 11.6 Å². The van der Waals surface area contributed by atoms with E-state index in [4.69, 9.17) is 11.6 Å². The van der Waals surface area contributed by atoms with Crippen LogP contribution in [0.2, 0.25) is 5.15 Å². The lowest BCUT2D eigenvalue weighted by molar-refractivity contribution is 1.35. The number of aromatic nitrogens is 1. The first-order valence-electron chi connectivity index (χ1n) is 3.71. The molecule has 1 aromatic carbocycles. The predicted octanol–water partition coefficient (Wildman–Crippen LogP) is 3.38. The summed E-state index contributed by atoms with van der Waals surface area (Å²) < 4.78 is 4.70. The highest BCUT2D eigenvalue weighted by Gasteiger charge is 1.96. The number of halogens is 1. The number of thiol groups is 1. The summed E-state index contributed by atoms with van der Waals surface area (Å²) in [6, 6.07) is 7.56. The van der Waals surface area contributed by atoms with Gasteiger partial charge in [-0.2, -0.15) is 4.37 Å².